The molecule has 1 aromatic rings. The Bertz CT molecular complexity index is 558. The van der Waals surface area contributed by atoms with E-state index in [1.54, 1.807) is 0 Å². The minimum Gasteiger partial charge on any atom is -0.334 e. The molecule has 1 aliphatic carbocycles. The quantitative estimate of drug-likeness (QED) is 0.688. The average Bonchev–Trinajstić information content (AvgIpc) is 2.84. The predicted octanol–water partition coefficient (Wildman–Crippen LogP) is 4.46. The van der Waals surface area contributed by atoms with Crippen molar-refractivity contribution in [2.45, 2.75) is 70.4 Å². The summed E-state index contributed by atoms with van der Waals surface area (Å²) in [7, 11) is 0. The molecule has 0 radical (unpaired) electrons. The molecule has 2 heterocycles. The predicted molar refractivity (Wildman–Crippen MR) is 97.8 cm³/mol. The molecule has 3 nitrogen and oxygen atoms in total. The van der Waals surface area contributed by atoms with Crippen molar-refractivity contribution in [2.75, 3.05) is 13.1 Å². The number of halogens is 1. The summed E-state index contributed by atoms with van der Waals surface area (Å²) in [6.45, 7) is 5.67. The molecule has 1 saturated carbocycles. The third-order valence-corrected chi connectivity index (χ3v) is 6.77. The van der Waals surface area contributed by atoms with Crippen LogP contribution in [0.5, 0.6) is 0 Å². The zero-order valence-corrected chi connectivity index (χ0v) is 15.7. The Balaban J connectivity index is 1.92. The van der Waals surface area contributed by atoms with E-state index in [-0.39, 0.29) is 5.54 Å². The van der Waals surface area contributed by atoms with Crippen LogP contribution in [-0.4, -0.2) is 28.1 Å². The topological polar surface area (TPSA) is 32.0 Å². The smallest absolute Gasteiger partial charge is 0.121 e. The molecule has 0 atom stereocenters. The molecule has 0 bridgehead atoms. The van der Waals surface area contributed by atoms with Crippen molar-refractivity contribution in [3.63, 3.8) is 0 Å². The second kappa shape index (κ2) is 6.92. The lowest BCUT2D eigenvalue weighted by atomic mass is 9.79. The van der Waals surface area contributed by atoms with E-state index in [0.29, 0.717) is 0 Å². The van der Waals surface area contributed by atoms with Crippen LogP contribution in [-0.2, 0) is 6.54 Å². The Kier molecular flexibility index (Phi) is 5.13. The molecule has 0 aromatic carbocycles. The standard InChI is InChI=1S/C18H26IN3/c1-15-17(19)12-16(13-20)22(15)14-18(8-4-2-5-9-18)21-10-6-3-7-11-21/h12H,2-11,14H2,1H3. The van der Waals surface area contributed by atoms with Crippen LogP contribution >= 0.6 is 22.6 Å². The van der Waals surface area contributed by atoms with Crippen LogP contribution < -0.4 is 0 Å². The van der Waals surface area contributed by atoms with Gasteiger partial charge in [-0.2, -0.15) is 5.26 Å². The number of likely N-dealkylation sites (tertiary alicyclic amines) is 1. The summed E-state index contributed by atoms with van der Waals surface area (Å²) in [5, 5.41) is 9.49. The van der Waals surface area contributed by atoms with Gasteiger partial charge in [0.05, 0.1) is 0 Å². The molecule has 2 aliphatic rings. The number of nitriles is 1. The van der Waals surface area contributed by atoms with E-state index in [1.807, 2.05) is 6.07 Å². The third kappa shape index (κ3) is 3.07. The van der Waals surface area contributed by atoms with Gasteiger partial charge >= 0.3 is 0 Å². The molecule has 1 saturated heterocycles. The number of hydrogen-bond donors (Lipinski definition) is 0. The number of nitrogens with zero attached hydrogens (tertiary/aromatic N) is 3. The highest BCUT2D eigenvalue weighted by Crippen LogP contribution is 2.38. The lowest BCUT2D eigenvalue weighted by Crippen LogP contribution is -2.54. The van der Waals surface area contributed by atoms with E-state index in [9.17, 15) is 5.26 Å². The summed E-state index contributed by atoms with van der Waals surface area (Å²) in [6, 6.07) is 4.45. The Morgan fingerprint density at radius 1 is 1.14 bits per heavy atom. The van der Waals surface area contributed by atoms with Crippen LogP contribution in [0.2, 0.25) is 0 Å². The maximum Gasteiger partial charge on any atom is 0.121 e. The van der Waals surface area contributed by atoms with Crippen molar-refractivity contribution < 1.29 is 0 Å². The minimum absolute atomic E-state index is 0.289. The monoisotopic (exact) mass is 411 g/mol. The zero-order valence-electron chi connectivity index (χ0n) is 13.6. The molecule has 3 rings (SSSR count). The second-order valence-electron chi connectivity index (χ2n) is 6.99. The molecule has 0 spiro atoms. The highest BCUT2D eigenvalue weighted by molar-refractivity contribution is 14.1. The molecule has 22 heavy (non-hydrogen) atoms. The van der Waals surface area contributed by atoms with E-state index >= 15 is 0 Å². The molecule has 2 fully saturated rings. The number of hydrogen-bond acceptors (Lipinski definition) is 2. The summed E-state index contributed by atoms with van der Waals surface area (Å²) < 4.78 is 3.51. The summed E-state index contributed by atoms with van der Waals surface area (Å²) in [5.74, 6) is 0. The van der Waals surface area contributed by atoms with Crippen LogP contribution in [0.25, 0.3) is 0 Å². The maximum atomic E-state index is 9.49. The molecule has 4 heteroatoms. The molecule has 1 aliphatic heterocycles. The van der Waals surface area contributed by atoms with Crippen LogP contribution in [0, 0.1) is 21.8 Å². The van der Waals surface area contributed by atoms with E-state index in [0.717, 1.165) is 12.2 Å². The van der Waals surface area contributed by atoms with Crippen molar-refractivity contribution >= 4 is 22.6 Å². The minimum atomic E-state index is 0.289. The second-order valence-corrected chi connectivity index (χ2v) is 8.16. The lowest BCUT2D eigenvalue weighted by molar-refractivity contribution is 0.0191. The van der Waals surface area contributed by atoms with Gasteiger partial charge in [-0.1, -0.05) is 25.7 Å². The fourth-order valence-electron chi connectivity index (χ4n) is 4.36. The van der Waals surface area contributed by atoms with E-state index in [2.05, 4.69) is 45.1 Å². The highest BCUT2D eigenvalue weighted by atomic mass is 127. The normalized spacial score (nSPS) is 22.4. The molecular formula is C18H26IN3. The van der Waals surface area contributed by atoms with Gasteiger partial charge in [-0.05, 0) is 74.4 Å². The van der Waals surface area contributed by atoms with Crippen molar-refractivity contribution in [3.8, 4) is 6.07 Å². The number of aromatic nitrogens is 1. The fourth-order valence-corrected chi connectivity index (χ4v) is 4.94. The van der Waals surface area contributed by atoms with Gasteiger partial charge in [0.1, 0.15) is 11.8 Å². The van der Waals surface area contributed by atoms with E-state index in [4.69, 9.17) is 0 Å². The van der Waals surface area contributed by atoms with Gasteiger partial charge in [0.25, 0.3) is 0 Å². The van der Waals surface area contributed by atoms with Crippen molar-refractivity contribution in [1.29, 1.82) is 5.26 Å². The number of piperidine rings is 1. The van der Waals surface area contributed by atoms with Crippen molar-refractivity contribution in [1.82, 2.24) is 9.47 Å². The van der Waals surface area contributed by atoms with Gasteiger partial charge in [-0.25, -0.2) is 0 Å². The summed E-state index contributed by atoms with van der Waals surface area (Å²) in [4.78, 5) is 2.77. The first-order valence-electron chi connectivity index (χ1n) is 8.67. The van der Waals surface area contributed by atoms with Crippen LogP contribution in [0.4, 0.5) is 0 Å². The van der Waals surface area contributed by atoms with Crippen LogP contribution in [0.15, 0.2) is 6.07 Å². The Morgan fingerprint density at radius 2 is 1.77 bits per heavy atom. The Morgan fingerprint density at radius 3 is 2.41 bits per heavy atom. The Hall–Kier alpha value is -0.540. The first kappa shape index (κ1) is 16.3. The highest BCUT2D eigenvalue weighted by Gasteiger charge is 2.39. The molecule has 0 amide bonds. The SMILES string of the molecule is Cc1c(I)cc(C#N)n1CC1(N2CCCCC2)CCCCC1. The van der Waals surface area contributed by atoms with Gasteiger partial charge in [-0.15, -0.1) is 0 Å². The first-order valence-corrected chi connectivity index (χ1v) is 9.75. The fraction of sp³-hybridized carbons (Fsp3) is 0.722. The summed E-state index contributed by atoms with van der Waals surface area (Å²) in [6.07, 6.45) is 10.7. The van der Waals surface area contributed by atoms with Crippen LogP contribution in [0.3, 0.4) is 0 Å². The van der Waals surface area contributed by atoms with Gasteiger partial charge in [0.15, 0.2) is 0 Å². The van der Waals surface area contributed by atoms with Crippen molar-refractivity contribution in [2.24, 2.45) is 0 Å². The van der Waals surface area contributed by atoms with Gasteiger partial charge in [0.2, 0.25) is 0 Å². The lowest BCUT2D eigenvalue weighted by Gasteiger charge is -2.48. The van der Waals surface area contributed by atoms with E-state index in [1.165, 1.54) is 73.7 Å². The molecule has 0 unspecified atom stereocenters. The summed E-state index contributed by atoms with van der Waals surface area (Å²) in [5.41, 5.74) is 2.39. The molecule has 120 valence electrons. The van der Waals surface area contributed by atoms with E-state index < -0.39 is 0 Å². The zero-order chi connectivity index (χ0) is 15.6. The largest absolute Gasteiger partial charge is 0.334 e. The van der Waals surface area contributed by atoms with Crippen LogP contribution in [0.1, 0.15) is 62.8 Å². The summed E-state index contributed by atoms with van der Waals surface area (Å²) >= 11 is 2.36. The van der Waals surface area contributed by atoms with Gasteiger partial charge < -0.3 is 4.57 Å². The first-order chi connectivity index (χ1) is 10.7. The maximum absolute atomic E-state index is 9.49. The van der Waals surface area contributed by atoms with Gasteiger partial charge in [0, 0.05) is 21.3 Å². The van der Waals surface area contributed by atoms with Crippen molar-refractivity contribution in [3.05, 3.63) is 21.0 Å². The molecule has 0 N–H and O–H groups in total. The molecular weight excluding hydrogens is 385 g/mol. The third-order valence-electron chi connectivity index (χ3n) is 5.68. The number of rotatable bonds is 3. The molecule has 1 aromatic heterocycles. The average molecular weight is 411 g/mol. The van der Waals surface area contributed by atoms with Gasteiger partial charge in [-0.3, -0.25) is 4.90 Å². The Labute approximate surface area is 147 Å².